The fourth-order valence-electron chi connectivity index (χ4n) is 4.10. The summed E-state index contributed by atoms with van der Waals surface area (Å²) in [5.41, 5.74) is 0.454. The van der Waals surface area contributed by atoms with Gasteiger partial charge in [-0.1, -0.05) is 53.7 Å². The summed E-state index contributed by atoms with van der Waals surface area (Å²) in [6.07, 6.45) is 0. The van der Waals surface area contributed by atoms with Gasteiger partial charge in [0.05, 0.1) is 4.92 Å². The Morgan fingerprint density at radius 2 is 1.68 bits per heavy atom. The summed E-state index contributed by atoms with van der Waals surface area (Å²) in [6.45, 7) is 0. The summed E-state index contributed by atoms with van der Waals surface area (Å²) in [7, 11) is 0. The Morgan fingerprint density at radius 1 is 1.00 bits per heavy atom. The van der Waals surface area contributed by atoms with Gasteiger partial charge in [-0.15, -0.1) is 0 Å². The number of fused-ring (bicyclic) bond motifs is 2. The van der Waals surface area contributed by atoms with Crippen LogP contribution in [0.3, 0.4) is 0 Å². The van der Waals surface area contributed by atoms with E-state index in [2.05, 4.69) is 10.5 Å². The number of para-hydroxylation sites is 1. The molecule has 2 aliphatic rings. The number of nitrogens with zero attached hydrogens (tertiary/aromatic N) is 2. The molecule has 8 nitrogen and oxygen atoms in total. The third kappa shape index (κ3) is 2.72. The molecular formula is C23H15N3O5. The Kier molecular flexibility index (Phi) is 4.14. The molecule has 5 rings (SSSR count). The number of Topliss-reactive ketones (excluding diaryl/α,β-unsaturated/α-hetero) is 1. The predicted molar refractivity (Wildman–Crippen MR) is 112 cm³/mol. The highest BCUT2D eigenvalue weighted by molar-refractivity contribution is 6.24. The number of carbonyl (C=O) groups is 2. The van der Waals surface area contributed by atoms with Crippen LogP contribution in [0.4, 0.5) is 11.4 Å². The fourth-order valence-corrected chi connectivity index (χ4v) is 4.10. The number of oxime groups is 1. The molecule has 0 bridgehead atoms. The van der Waals surface area contributed by atoms with Gasteiger partial charge in [0.25, 0.3) is 17.2 Å². The van der Waals surface area contributed by atoms with Gasteiger partial charge in [-0.2, -0.15) is 0 Å². The number of hydrogen-bond acceptors (Lipinski definition) is 6. The topological polar surface area (TPSA) is 111 Å². The van der Waals surface area contributed by atoms with E-state index in [-0.39, 0.29) is 17.2 Å². The zero-order valence-electron chi connectivity index (χ0n) is 16.0. The summed E-state index contributed by atoms with van der Waals surface area (Å²) in [6, 6.07) is 21.3. The Labute approximate surface area is 176 Å². The lowest BCUT2D eigenvalue weighted by molar-refractivity contribution is -0.384. The maximum atomic E-state index is 13.7. The molecule has 31 heavy (non-hydrogen) atoms. The maximum Gasteiger partial charge on any atom is 0.277 e. The smallest absolute Gasteiger partial charge is 0.277 e. The molecule has 0 aromatic heterocycles. The van der Waals surface area contributed by atoms with Crippen LogP contribution in [0.1, 0.15) is 21.5 Å². The Bertz CT molecular complexity index is 1250. The summed E-state index contributed by atoms with van der Waals surface area (Å²) in [5.74, 6) is -1.88. The van der Waals surface area contributed by atoms with Gasteiger partial charge >= 0.3 is 0 Å². The van der Waals surface area contributed by atoms with Gasteiger partial charge in [-0.05, 0) is 18.2 Å². The zero-order valence-corrected chi connectivity index (χ0v) is 16.0. The first-order valence-electron chi connectivity index (χ1n) is 9.53. The van der Waals surface area contributed by atoms with Crippen molar-refractivity contribution in [2.45, 2.75) is 5.60 Å². The molecule has 3 aromatic carbocycles. The summed E-state index contributed by atoms with van der Waals surface area (Å²) >= 11 is 0. The van der Waals surface area contributed by atoms with Crippen molar-refractivity contribution < 1.29 is 19.3 Å². The standard InChI is InChI=1S/C23H15N3O5/c27-21(15-6-2-1-3-7-15)19-20(14-10-12-16(13-11-14)26(29)30)25-31-23(19)17-8-4-5-9-18(17)24-22(23)28/h1-13,19H,(H,24,28)/t19-,23+/m1/s1. The van der Waals surface area contributed by atoms with Crippen molar-refractivity contribution in [3.8, 4) is 0 Å². The maximum absolute atomic E-state index is 13.7. The number of non-ortho nitro benzene ring substituents is 1. The summed E-state index contributed by atoms with van der Waals surface area (Å²) in [5, 5.41) is 18.0. The first kappa shape index (κ1) is 18.7. The highest BCUT2D eigenvalue weighted by Crippen LogP contribution is 2.49. The molecule has 1 spiro atoms. The molecule has 0 radical (unpaired) electrons. The van der Waals surface area contributed by atoms with E-state index in [4.69, 9.17) is 4.84 Å². The molecule has 3 aromatic rings. The van der Waals surface area contributed by atoms with Crippen molar-refractivity contribution in [2.24, 2.45) is 11.1 Å². The monoisotopic (exact) mass is 413 g/mol. The second kappa shape index (κ2) is 6.88. The van der Waals surface area contributed by atoms with Crippen molar-refractivity contribution in [3.63, 3.8) is 0 Å². The second-order valence-corrected chi connectivity index (χ2v) is 7.27. The van der Waals surface area contributed by atoms with Gasteiger partial charge in [0.1, 0.15) is 11.6 Å². The number of amides is 1. The van der Waals surface area contributed by atoms with Gasteiger partial charge in [0.15, 0.2) is 5.78 Å². The van der Waals surface area contributed by atoms with Crippen molar-refractivity contribution in [1.29, 1.82) is 0 Å². The molecule has 1 N–H and O–H groups in total. The van der Waals surface area contributed by atoms with Crippen LogP contribution in [0.25, 0.3) is 0 Å². The van der Waals surface area contributed by atoms with Crippen molar-refractivity contribution in [1.82, 2.24) is 0 Å². The number of ketones is 1. The van der Waals surface area contributed by atoms with E-state index in [9.17, 15) is 19.7 Å². The highest BCUT2D eigenvalue weighted by Gasteiger charge is 2.63. The Balaban J connectivity index is 1.67. The van der Waals surface area contributed by atoms with Crippen LogP contribution in [0.2, 0.25) is 0 Å². The van der Waals surface area contributed by atoms with Gasteiger partial charge < -0.3 is 10.2 Å². The third-order valence-corrected chi connectivity index (χ3v) is 5.58. The fraction of sp³-hybridized carbons (Fsp3) is 0.0870. The molecule has 0 unspecified atom stereocenters. The van der Waals surface area contributed by atoms with Gasteiger partial charge in [0, 0.05) is 34.5 Å². The SMILES string of the molecule is O=C(c1ccccc1)[C@H]1C(c2ccc([N+](=O)[O-])cc2)=NO[C@]12C(=O)Nc1ccccc12. The molecule has 0 saturated heterocycles. The molecule has 152 valence electrons. The van der Waals surface area contributed by atoms with Gasteiger partial charge in [0.2, 0.25) is 0 Å². The van der Waals surface area contributed by atoms with Crippen LogP contribution in [-0.4, -0.2) is 22.3 Å². The van der Waals surface area contributed by atoms with Gasteiger partial charge in [-0.25, -0.2) is 0 Å². The second-order valence-electron chi connectivity index (χ2n) is 7.27. The number of hydrogen-bond donors (Lipinski definition) is 1. The van der Waals surface area contributed by atoms with E-state index in [1.54, 1.807) is 54.6 Å². The number of nitro benzene ring substituents is 1. The highest BCUT2D eigenvalue weighted by atomic mass is 16.7. The largest absolute Gasteiger partial charge is 0.373 e. The van der Waals surface area contributed by atoms with E-state index in [1.165, 1.54) is 24.3 Å². The molecule has 2 heterocycles. The minimum Gasteiger partial charge on any atom is -0.373 e. The molecule has 0 saturated carbocycles. The van der Waals surface area contributed by atoms with Gasteiger partial charge in [-0.3, -0.25) is 19.7 Å². The molecule has 8 heteroatoms. The number of nitrogens with one attached hydrogen (secondary N) is 1. The number of rotatable bonds is 4. The van der Waals surface area contributed by atoms with Crippen LogP contribution < -0.4 is 5.32 Å². The lowest BCUT2D eigenvalue weighted by atomic mass is 9.74. The lowest BCUT2D eigenvalue weighted by Gasteiger charge is -2.26. The van der Waals surface area contributed by atoms with E-state index < -0.39 is 22.3 Å². The lowest BCUT2D eigenvalue weighted by Crippen LogP contribution is -2.46. The summed E-state index contributed by atoms with van der Waals surface area (Å²) in [4.78, 5) is 43.1. The van der Waals surface area contributed by atoms with Crippen LogP contribution in [0.5, 0.6) is 0 Å². The van der Waals surface area contributed by atoms with Crippen LogP contribution in [0, 0.1) is 16.0 Å². The number of anilines is 1. The number of carbonyl (C=O) groups excluding carboxylic acids is 2. The van der Waals surface area contributed by atoms with Crippen LogP contribution in [-0.2, 0) is 15.2 Å². The molecular weight excluding hydrogens is 398 g/mol. The quantitative estimate of drug-likeness (QED) is 0.398. The van der Waals surface area contributed by atoms with Crippen LogP contribution >= 0.6 is 0 Å². The van der Waals surface area contributed by atoms with E-state index in [0.29, 0.717) is 22.4 Å². The number of nitro groups is 1. The predicted octanol–water partition coefficient (Wildman–Crippen LogP) is 3.68. The van der Waals surface area contributed by atoms with E-state index in [0.717, 1.165) is 0 Å². The van der Waals surface area contributed by atoms with Crippen molar-refractivity contribution >= 4 is 28.8 Å². The molecule has 1 amide bonds. The minimum atomic E-state index is -1.65. The Hall–Kier alpha value is -4.33. The zero-order chi connectivity index (χ0) is 21.6. The third-order valence-electron chi connectivity index (χ3n) is 5.58. The average Bonchev–Trinajstić information content (AvgIpc) is 3.33. The molecule has 0 fully saturated rings. The van der Waals surface area contributed by atoms with Crippen molar-refractivity contribution in [3.05, 3.63) is 106 Å². The first-order chi connectivity index (χ1) is 15.0. The van der Waals surface area contributed by atoms with E-state index >= 15 is 0 Å². The summed E-state index contributed by atoms with van der Waals surface area (Å²) < 4.78 is 0. The number of benzene rings is 3. The minimum absolute atomic E-state index is 0.0899. The molecule has 2 aliphatic heterocycles. The Morgan fingerprint density at radius 3 is 2.39 bits per heavy atom. The normalized spacial score (nSPS) is 21.2. The van der Waals surface area contributed by atoms with Crippen LogP contribution in [0.15, 0.2) is 84.0 Å². The average molecular weight is 413 g/mol. The molecule has 2 atom stereocenters. The van der Waals surface area contributed by atoms with Crippen molar-refractivity contribution in [2.75, 3.05) is 5.32 Å². The first-order valence-corrected chi connectivity index (χ1v) is 9.53. The van der Waals surface area contributed by atoms with E-state index in [1.807, 2.05) is 0 Å². The molecule has 0 aliphatic carbocycles.